The molecule has 7 nitrogen and oxygen atoms in total. The first-order chi connectivity index (χ1) is 12.1. The Kier molecular flexibility index (Phi) is 4.23. The van der Waals surface area contributed by atoms with Gasteiger partial charge in [0.1, 0.15) is 5.82 Å². The van der Waals surface area contributed by atoms with Crippen molar-refractivity contribution in [1.82, 2.24) is 14.6 Å². The molecule has 0 bridgehead atoms. The number of aromatic nitrogens is 3. The van der Waals surface area contributed by atoms with Gasteiger partial charge < -0.3 is 16.8 Å². The molecule has 1 unspecified atom stereocenters. The number of hydrogen-bond donors (Lipinski definition) is 3. The summed E-state index contributed by atoms with van der Waals surface area (Å²) >= 11 is 0. The summed E-state index contributed by atoms with van der Waals surface area (Å²) < 4.78 is 1.90. The number of nitrogens with two attached hydrogens (primary N) is 2. The van der Waals surface area contributed by atoms with Gasteiger partial charge in [0.15, 0.2) is 11.6 Å². The van der Waals surface area contributed by atoms with E-state index in [1.807, 2.05) is 16.8 Å². The lowest BCUT2D eigenvalue weighted by Gasteiger charge is -2.19. The van der Waals surface area contributed by atoms with Crippen LogP contribution >= 0.6 is 0 Å². The third kappa shape index (κ3) is 3.41. The molecule has 2 aliphatic carbocycles. The van der Waals surface area contributed by atoms with E-state index in [1.165, 1.54) is 18.5 Å². The second-order valence-corrected chi connectivity index (χ2v) is 7.38. The van der Waals surface area contributed by atoms with Crippen LogP contribution in [0.1, 0.15) is 57.1 Å². The lowest BCUT2D eigenvalue weighted by Crippen LogP contribution is -2.25. The second kappa shape index (κ2) is 6.54. The van der Waals surface area contributed by atoms with Gasteiger partial charge in [-0.2, -0.15) is 9.61 Å². The topological polar surface area (TPSA) is 107 Å². The van der Waals surface area contributed by atoms with Gasteiger partial charge in [0, 0.05) is 29.8 Å². The maximum Gasteiger partial charge on any atom is 0.186 e. The van der Waals surface area contributed by atoms with E-state index in [0.29, 0.717) is 12.0 Å². The minimum absolute atomic E-state index is 0.182. The fourth-order valence-corrected chi connectivity index (χ4v) is 4.13. The third-order valence-electron chi connectivity index (χ3n) is 5.48. The Morgan fingerprint density at radius 1 is 1.36 bits per heavy atom. The highest BCUT2D eigenvalue weighted by Crippen LogP contribution is 2.44. The van der Waals surface area contributed by atoms with Crippen molar-refractivity contribution in [3.63, 3.8) is 0 Å². The van der Waals surface area contributed by atoms with Gasteiger partial charge in [-0.1, -0.05) is 6.92 Å². The summed E-state index contributed by atoms with van der Waals surface area (Å²) in [6.45, 7) is 2.26. The minimum Gasteiger partial charge on any atom is -0.370 e. The van der Waals surface area contributed by atoms with E-state index in [0.717, 1.165) is 43.1 Å². The molecule has 0 aromatic carbocycles. The molecule has 7 heteroatoms. The van der Waals surface area contributed by atoms with Gasteiger partial charge in [0.05, 0.1) is 12.2 Å². The van der Waals surface area contributed by atoms with Gasteiger partial charge in [-0.05, 0) is 44.4 Å². The summed E-state index contributed by atoms with van der Waals surface area (Å²) in [6.07, 6.45) is 8.62. The molecule has 5 N–H and O–H groups in total. The molecule has 4 rings (SSSR count). The molecule has 2 heterocycles. The first-order valence-electron chi connectivity index (χ1n) is 9.34. The fourth-order valence-electron chi connectivity index (χ4n) is 4.13. The van der Waals surface area contributed by atoms with Crippen LogP contribution in [0.4, 0.5) is 5.82 Å². The molecule has 2 saturated carbocycles. The van der Waals surface area contributed by atoms with E-state index in [4.69, 9.17) is 16.5 Å². The minimum atomic E-state index is 0.182. The number of anilines is 1. The van der Waals surface area contributed by atoms with Crippen LogP contribution in [-0.2, 0) is 0 Å². The molecule has 2 fully saturated rings. The predicted molar refractivity (Wildman–Crippen MR) is 99.6 cm³/mol. The smallest absolute Gasteiger partial charge is 0.186 e. The average molecular weight is 341 g/mol. The Hall–Kier alpha value is -2.31. The Bertz CT molecular complexity index is 773. The van der Waals surface area contributed by atoms with Gasteiger partial charge in [0.2, 0.25) is 0 Å². The maximum absolute atomic E-state index is 5.52. The van der Waals surface area contributed by atoms with Crippen LogP contribution in [0.25, 0.3) is 5.65 Å². The van der Waals surface area contributed by atoms with Crippen molar-refractivity contribution in [1.29, 1.82) is 0 Å². The van der Waals surface area contributed by atoms with Crippen molar-refractivity contribution in [3.8, 4) is 0 Å². The summed E-state index contributed by atoms with van der Waals surface area (Å²) in [5.41, 5.74) is 13.1. The molecule has 2 aromatic rings. The Morgan fingerprint density at radius 2 is 2.20 bits per heavy atom. The molecule has 2 aliphatic rings. The van der Waals surface area contributed by atoms with E-state index >= 15 is 0 Å². The highest BCUT2D eigenvalue weighted by molar-refractivity contribution is 5.75. The van der Waals surface area contributed by atoms with E-state index in [1.54, 1.807) is 0 Å². The quantitative estimate of drug-likeness (QED) is 0.552. The first kappa shape index (κ1) is 16.2. The number of hydrogen-bond acceptors (Lipinski definition) is 4. The molecule has 134 valence electrons. The SMILES string of the molecule is CCC(c1cc(N[C@H]2CC[C@H](N=C(N)N)C2)n2nccc2n1)C1CC1. The molecular formula is C18H27N7. The zero-order valence-electron chi connectivity index (χ0n) is 14.7. The third-order valence-corrected chi connectivity index (χ3v) is 5.48. The lowest BCUT2D eigenvalue weighted by molar-refractivity contribution is 0.570. The van der Waals surface area contributed by atoms with Crippen molar-refractivity contribution in [2.24, 2.45) is 22.4 Å². The zero-order valence-corrected chi connectivity index (χ0v) is 14.7. The molecule has 0 saturated heterocycles. The van der Waals surface area contributed by atoms with E-state index in [9.17, 15) is 0 Å². The summed E-state index contributed by atoms with van der Waals surface area (Å²) in [5, 5.41) is 8.10. The van der Waals surface area contributed by atoms with Gasteiger partial charge in [0.25, 0.3) is 0 Å². The van der Waals surface area contributed by atoms with Gasteiger partial charge in [-0.3, -0.25) is 4.99 Å². The van der Waals surface area contributed by atoms with Crippen LogP contribution in [0.3, 0.4) is 0 Å². The molecule has 0 amide bonds. The number of nitrogens with one attached hydrogen (secondary N) is 1. The van der Waals surface area contributed by atoms with Crippen LogP contribution in [0, 0.1) is 5.92 Å². The van der Waals surface area contributed by atoms with E-state index in [2.05, 4.69) is 28.4 Å². The van der Waals surface area contributed by atoms with Crippen LogP contribution in [0.15, 0.2) is 23.3 Å². The number of aliphatic imine (C=N–C) groups is 1. The monoisotopic (exact) mass is 341 g/mol. The van der Waals surface area contributed by atoms with Crippen molar-refractivity contribution in [3.05, 3.63) is 24.0 Å². The van der Waals surface area contributed by atoms with Crippen LogP contribution < -0.4 is 16.8 Å². The van der Waals surface area contributed by atoms with E-state index < -0.39 is 0 Å². The van der Waals surface area contributed by atoms with E-state index in [-0.39, 0.29) is 12.0 Å². The van der Waals surface area contributed by atoms with Gasteiger partial charge in [-0.15, -0.1) is 0 Å². The predicted octanol–water partition coefficient (Wildman–Crippen LogP) is 2.24. The second-order valence-electron chi connectivity index (χ2n) is 7.38. The summed E-state index contributed by atoms with van der Waals surface area (Å²) in [7, 11) is 0. The molecule has 3 atom stereocenters. The van der Waals surface area contributed by atoms with Crippen molar-refractivity contribution >= 4 is 17.4 Å². The van der Waals surface area contributed by atoms with Gasteiger partial charge in [-0.25, -0.2) is 4.98 Å². The van der Waals surface area contributed by atoms with Crippen LogP contribution in [0.2, 0.25) is 0 Å². The Morgan fingerprint density at radius 3 is 2.92 bits per heavy atom. The molecule has 0 spiro atoms. The highest BCUT2D eigenvalue weighted by atomic mass is 15.3. The van der Waals surface area contributed by atoms with Crippen LogP contribution in [0.5, 0.6) is 0 Å². The molecular weight excluding hydrogens is 314 g/mol. The number of nitrogens with zero attached hydrogens (tertiary/aromatic N) is 4. The molecule has 0 radical (unpaired) electrons. The summed E-state index contributed by atoms with van der Waals surface area (Å²) in [6, 6.07) is 4.74. The lowest BCUT2D eigenvalue weighted by atomic mass is 9.96. The maximum atomic E-state index is 5.52. The van der Waals surface area contributed by atoms with Crippen molar-refractivity contribution in [2.45, 2.75) is 63.5 Å². The molecule has 0 aliphatic heterocycles. The number of rotatable bonds is 6. The largest absolute Gasteiger partial charge is 0.370 e. The average Bonchev–Trinajstić information content (AvgIpc) is 3.11. The van der Waals surface area contributed by atoms with Crippen LogP contribution in [-0.4, -0.2) is 32.6 Å². The Labute approximate surface area is 147 Å². The van der Waals surface area contributed by atoms with Gasteiger partial charge >= 0.3 is 0 Å². The summed E-state index contributed by atoms with van der Waals surface area (Å²) in [5.74, 6) is 2.56. The number of fused-ring (bicyclic) bond motifs is 1. The molecule has 25 heavy (non-hydrogen) atoms. The highest BCUT2D eigenvalue weighted by Gasteiger charge is 2.33. The van der Waals surface area contributed by atoms with Crippen molar-refractivity contribution < 1.29 is 0 Å². The standard InChI is InChI=1S/C18H27N7/c1-2-14(11-3-4-11)15-10-17(25-16(24-15)7-8-21-25)22-12-5-6-13(9-12)23-18(19)20/h7-8,10-14,22H,2-6,9H2,1H3,(H4,19,20,23)/t12-,13-,14?/m0/s1. The fraction of sp³-hybridized carbons (Fsp3) is 0.611. The first-order valence-corrected chi connectivity index (χ1v) is 9.34. The molecule has 2 aromatic heterocycles. The number of guanidine groups is 1. The zero-order chi connectivity index (χ0) is 17.4. The normalized spacial score (nSPS) is 24.4. The summed E-state index contributed by atoms with van der Waals surface area (Å²) in [4.78, 5) is 9.17. The van der Waals surface area contributed by atoms with Crippen molar-refractivity contribution in [2.75, 3.05) is 5.32 Å². The Balaban J connectivity index is 1.58.